The number of imidazole rings is 1. The maximum absolute atomic E-state index is 13.2. The Labute approximate surface area is 187 Å². The molecule has 0 amide bonds. The second-order valence-electron chi connectivity index (χ2n) is 8.03. The molecule has 0 radical (unpaired) electrons. The van der Waals surface area contributed by atoms with Gasteiger partial charge in [0.2, 0.25) is 0 Å². The number of rotatable bonds is 5. The summed E-state index contributed by atoms with van der Waals surface area (Å²) in [6.45, 7) is 2.87. The van der Waals surface area contributed by atoms with Crippen LogP contribution in [0.5, 0.6) is 5.75 Å². The van der Waals surface area contributed by atoms with Gasteiger partial charge in [0.15, 0.2) is 5.78 Å². The number of aromatic nitrogens is 2. The molecule has 0 N–H and O–H groups in total. The number of hydrogen-bond donors (Lipinski definition) is 0. The van der Waals surface area contributed by atoms with Crippen LogP contribution < -0.4 is 4.74 Å². The first-order chi connectivity index (χ1) is 15.1. The van der Waals surface area contributed by atoms with Crippen LogP contribution in [-0.2, 0) is 13.0 Å². The van der Waals surface area contributed by atoms with Crippen molar-refractivity contribution in [2.45, 2.75) is 39.2 Å². The van der Waals surface area contributed by atoms with E-state index in [0.29, 0.717) is 11.4 Å². The van der Waals surface area contributed by atoms with Gasteiger partial charge in [-0.15, -0.1) is 0 Å². The highest BCUT2D eigenvalue weighted by atomic mass is 35.5. The Morgan fingerprint density at radius 3 is 2.42 bits per heavy atom. The highest BCUT2D eigenvalue weighted by molar-refractivity contribution is 6.30. The summed E-state index contributed by atoms with van der Waals surface area (Å²) in [4.78, 5) is 13.2. The van der Waals surface area contributed by atoms with Crippen molar-refractivity contribution in [3.05, 3.63) is 71.0 Å². The van der Waals surface area contributed by atoms with Gasteiger partial charge in [0.1, 0.15) is 11.4 Å². The molecule has 0 saturated carbocycles. The summed E-state index contributed by atoms with van der Waals surface area (Å²) in [5.41, 5.74) is 7.57. The number of halogens is 1. The summed E-state index contributed by atoms with van der Waals surface area (Å²) < 4.78 is 9.85. The fraction of sp³-hybridized carbons (Fsp3) is 0.269. The molecule has 1 aliphatic rings. The first-order valence-electron chi connectivity index (χ1n) is 10.8. The van der Waals surface area contributed by atoms with E-state index in [0.717, 1.165) is 65.3 Å². The van der Waals surface area contributed by atoms with E-state index in [2.05, 4.69) is 27.3 Å². The van der Waals surface area contributed by atoms with E-state index in [1.165, 1.54) is 5.56 Å². The molecule has 0 spiro atoms. The number of Topliss-reactive ketones (excluding diaryl/α,β-unsaturated/α-hetero) is 1. The number of aryl methyl sites for hydroxylation is 2. The Morgan fingerprint density at radius 2 is 1.74 bits per heavy atom. The molecule has 0 unspecified atom stereocenters. The number of nitrogens with zero attached hydrogens (tertiary/aromatic N) is 2. The van der Waals surface area contributed by atoms with E-state index < -0.39 is 0 Å². The number of benzene rings is 2. The normalized spacial score (nSPS) is 13.4. The molecule has 3 heterocycles. The molecular formula is C26H25ClN2O2. The zero-order valence-corrected chi connectivity index (χ0v) is 18.6. The number of hydrogen-bond acceptors (Lipinski definition) is 2. The average Bonchev–Trinajstić information content (AvgIpc) is 3.22. The lowest BCUT2D eigenvalue weighted by Crippen LogP contribution is -2.03. The smallest absolute Gasteiger partial charge is 0.179 e. The summed E-state index contributed by atoms with van der Waals surface area (Å²) in [6, 6.07) is 16.0. The van der Waals surface area contributed by atoms with Gasteiger partial charge in [-0.3, -0.25) is 9.20 Å². The molecule has 4 aromatic rings. The second kappa shape index (κ2) is 7.93. The van der Waals surface area contributed by atoms with Gasteiger partial charge in [0.25, 0.3) is 0 Å². The minimum absolute atomic E-state index is 0.158. The zero-order chi connectivity index (χ0) is 21.5. The average molecular weight is 433 g/mol. The van der Waals surface area contributed by atoms with E-state index in [9.17, 15) is 4.79 Å². The SMILES string of the molecule is CCC(=O)c1c(-c2ccc(Cl)cc2)c2c3n(c(-c4ccc(OC)cc4)cn13)CCCC2. The van der Waals surface area contributed by atoms with Crippen molar-refractivity contribution in [2.24, 2.45) is 0 Å². The third-order valence-corrected chi connectivity index (χ3v) is 6.49. The molecule has 0 aliphatic carbocycles. The largest absolute Gasteiger partial charge is 0.497 e. The lowest BCUT2D eigenvalue weighted by molar-refractivity contribution is 0.0983. The van der Waals surface area contributed by atoms with Crippen LogP contribution in [0.1, 0.15) is 42.2 Å². The maximum Gasteiger partial charge on any atom is 0.179 e. The van der Waals surface area contributed by atoms with Crippen molar-refractivity contribution in [3.8, 4) is 28.1 Å². The molecule has 2 aromatic heterocycles. The fourth-order valence-corrected chi connectivity index (χ4v) is 4.87. The van der Waals surface area contributed by atoms with Crippen LogP contribution in [0.2, 0.25) is 5.02 Å². The monoisotopic (exact) mass is 432 g/mol. The van der Waals surface area contributed by atoms with Crippen molar-refractivity contribution < 1.29 is 9.53 Å². The quantitative estimate of drug-likeness (QED) is 0.330. The third-order valence-electron chi connectivity index (χ3n) is 6.24. The maximum atomic E-state index is 13.2. The summed E-state index contributed by atoms with van der Waals surface area (Å²) >= 11 is 6.15. The van der Waals surface area contributed by atoms with Gasteiger partial charge in [-0.2, -0.15) is 0 Å². The van der Waals surface area contributed by atoms with E-state index in [-0.39, 0.29) is 5.78 Å². The zero-order valence-electron chi connectivity index (χ0n) is 17.8. The Bertz CT molecular complexity index is 1260. The van der Waals surface area contributed by atoms with Crippen LogP contribution in [0.25, 0.3) is 28.0 Å². The lowest BCUT2D eigenvalue weighted by atomic mass is 9.96. The van der Waals surface area contributed by atoms with E-state index in [4.69, 9.17) is 16.3 Å². The van der Waals surface area contributed by atoms with E-state index in [1.54, 1.807) is 7.11 Å². The minimum atomic E-state index is 0.158. The molecule has 1 aliphatic heterocycles. The molecule has 0 fully saturated rings. The molecule has 5 heteroatoms. The molecule has 158 valence electrons. The Kier molecular flexibility index (Phi) is 5.11. The summed E-state index contributed by atoms with van der Waals surface area (Å²) in [7, 11) is 1.68. The van der Waals surface area contributed by atoms with Crippen LogP contribution in [0.15, 0.2) is 54.7 Å². The van der Waals surface area contributed by atoms with Crippen LogP contribution in [0.3, 0.4) is 0 Å². The van der Waals surface area contributed by atoms with Crippen molar-refractivity contribution in [2.75, 3.05) is 7.11 Å². The summed E-state index contributed by atoms with van der Waals surface area (Å²) in [5.74, 6) is 0.996. The van der Waals surface area contributed by atoms with E-state index >= 15 is 0 Å². The molecular weight excluding hydrogens is 408 g/mol. The highest BCUT2D eigenvalue weighted by Gasteiger charge is 2.28. The molecule has 4 nitrogen and oxygen atoms in total. The van der Waals surface area contributed by atoms with Gasteiger partial charge >= 0.3 is 0 Å². The van der Waals surface area contributed by atoms with Crippen molar-refractivity contribution in [3.63, 3.8) is 0 Å². The second-order valence-corrected chi connectivity index (χ2v) is 8.47. The van der Waals surface area contributed by atoms with Gasteiger partial charge in [-0.05, 0) is 66.8 Å². The molecule has 0 saturated heterocycles. The molecule has 5 rings (SSSR count). The van der Waals surface area contributed by atoms with Crippen LogP contribution in [-0.4, -0.2) is 21.9 Å². The lowest BCUT2D eigenvalue weighted by Gasteiger charge is -2.09. The van der Waals surface area contributed by atoms with E-state index in [1.807, 2.05) is 43.3 Å². The molecule has 0 atom stereocenters. The number of ketones is 1. The van der Waals surface area contributed by atoms with Gasteiger partial charge in [0.05, 0.1) is 18.5 Å². The van der Waals surface area contributed by atoms with Crippen molar-refractivity contribution in [1.82, 2.24) is 8.97 Å². The Morgan fingerprint density at radius 1 is 1.03 bits per heavy atom. The standard InChI is InChI=1S/C26H25ClN2O2/c1-3-23(30)25-24(18-7-11-19(27)12-8-18)21-6-4-5-15-28-22(16-29(25)26(21)28)17-9-13-20(31-2)14-10-17/h7-14,16H,3-6,15H2,1-2H3. The fourth-order valence-electron chi connectivity index (χ4n) is 4.75. The van der Waals surface area contributed by atoms with Crippen LogP contribution >= 0.6 is 11.6 Å². The van der Waals surface area contributed by atoms with Gasteiger partial charge in [0, 0.05) is 35.3 Å². The first kappa shape index (κ1) is 20.0. The van der Waals surface area contributed by atoms with Crippen molar-refractivity contribution in [1.29, 1.82) is 0 Å². The molecule has 31 heavy (non-hydrogen) atoms. The molecule has 0 bridgehead atoms. The van der Waals surface area contributed by atoms with Crippen LogP contribution in [0, 0.1) is 0 Å². The summed E-state index contributed by atoms with van der Waals surface area (Å²) in [6.07, 6.45) is 5.77. The topological polar surface area (TPSA) is 35.6 Å². The summed E-state index contributed by atoms with van der Waals surface area (Å²) in [5, 5.41) is 0.702. The number of methoxy groups -OCH3 is 1. The minimum Gasteiger partial charge on any atom is -0.497 e. The van der Waals surface area contributed by atoms with Crippen molar-refractivity contribution >= 4 is 23.0 Å². The first-order valence-corrected chi connectivity index (χ1v) is 11.2. The number of ether oxygens (including phenoxy) is 1. The van der Waals surface area contributed by atoms with Crippen LogP contribution in [0.4, 0.5) is 0 Å². The third kappa shape index (κ3) is 3.26. The molecule has 2 aromatic carbocycles. The highest BCUT2D eigenvalue weighted by Crippen LogP contribution is 2.40. The predicted molar refractivity (Wildman–Crippen MR) is 125 cm³/mol. The Hall–Kier alpha value is -2.98. The Balaban J connectivity index is 1.81. The predicted octanol–water partition coefficient (Wildman–Crippen LogP) is 6.67. The van der Waals surface area contributed by atoms with Gasteiger partial charge in [-0.1, -0.05) is 30.7 Å². The number of carbonyl (C=O) groups excluding carboxylic acids is 1. The number of carbonyl (C=O) groups is 1. The van der Waals surface area contributed by atoms with Gasteiger partial charge < -0.3 is 9.30 Å². The van der Waals surface area contributed by atoms with Gasteiger partial charge in [-0.25, -0.2) is 0 Å².